The first-order valence-corrected chi connectivity index (χ1v) is 4.21. The highest BCUT2D eigenvalue weighted by molar-refractivity contribution is 9.09. The van der Waals surface area contributed by atoms with Crippen molar-refractivity contribution in [3.05, 3.63) is 0 Å². The predicted octanol–water partition coefficient (Wildman–Crippen LogP) is 2.06. The van der Waals surface area contributed by atoms with Crippen LogP contribution in [0.1, 0.15) is 13.3 Å². The molecule has 0 unspecified atom stereocenters. The highest BCUT2D eigenvalue weighted by Gasteiger charge is 2.10. The third-order valence-electron chi connectivity index (χ3n) is 1.03. The van der Waals surface area contributed by atoms with Crippen molar-refractivity contribution in [2.24, 2.45) is 4.74 Å². The number of nitrogens with zero attached hydrogens (tertiary/aromatic N) is 1. The first-order chi connectivity index (χ1) is 4.76. The SMILES string of the molecule is [2H]P=N[C@@H](CC)C(=O)CBr. The molecule has 0 radical (unpaired) electrons. The predicted molar refractivity (Wildman–Crippen MR) is 43.6 cm³/mol. The van der Waals surface area contributed by atoms with Gasteiger partial charge in [-0.25, -0.2) is 0 Å². The summed E-state index contributed by atoms with van der Waals surface area (Å²) in [6.07, 6.45) is 0.691. The molecule has 0 aromatic carbocycles. The molecular weight excluding hydrogens is 201 g/mol. The summed E-state index contributed by atoms with van der Waals surface area (Å²) >= 11 is 3.05. The summed E-state index contributed by atoms with van der Waals surface area (Å²) in [6.45, 7) is 1.89. The zero-order valence-corrected chi connectivity index (χ0v) is 7.65. The van der Waals surface area contributed by atoms with Crippen molar-refractivity contribution in [1.29, 1.82) is 1.28 Å². The van der Waals surface area contributed by atoms with Crippen LogP contribution in [0.4, 0.5) is 0 Å². The molecule has 9 heavy (non-hydrogen) atoms. The number of hydrogen-bond acceptors (Lipinski definition) is 2. The van der Waals surface area contributed by atoms with E-state index in [9.17, 15) is 4.79 Å². The van der Waals surface area contributed by atoms with Crippen molar-refractivity contribution in [2.75, 3.05) is 5.33 Å². The van der Waals surface area contributed by atoms with Crippen molar-refractivity contribution >= 4 is 30.7 Å². The largest absolute Gasteiger partial charge is 0.296 e. The van der Waals surface area contributed by atoms with E-state index in [-0.39, 0.29) is 20.8 Å². The molecule has 52 valence electrons. The van der Waals surface area contributed by atoms with Gasteiger partial charge in [0.15, 0.2) is 5.78 Å². The topological polar surface area (TPSA) is 29.4 Å². The van der Waals surface area contributed by atoms with E-state index in [1.54, 1.807) is 0 Å². The number of carbonyl (C=O) groups excluding carboxylic acids is 1. The van der Waals surface area contributed by atoms with E-state index < -0.39 is 0 Å². The molecule has 2 nitrogen and oxygen atoms in total. The molecule has 0 fully saturated rings. The van der Waals surface area contributed by atoms with Gasteiger partial charge in [-0.3, -0.25) is 9.54 Å². The van der Waals surface area contributed by atoms with E-state index in [4.69, 9.17) is 1.28 Å². The van der Waals surface area contributed by atoms with Crippen molar-refractivity contribution in [2.45, 2.75) is 19.4 Å². The van der Waals surface area contributed by atoms with Gasteiger partial charge in [0.25, 0.3) is 0 Å². The average Bonchev–Trinajstić information content (AvgIpc) is 1.99. The Morgan fingerprint density at radius 1 is 2.11 bits per heavy atom. The van der Waals surface area contributed by atoms with Crippen LogP contribution in [0.2, 0.25) is 0 Å². The summed E-state index contributed by atoms with van der Waals surface area (Å²) in [5.74, 6) is 0.0576. The maximum Gasteiger partial charge on any atom is 0.168 e. The van der Waals surface area contributed by atoms with Crippen LogP contribution < -0.4 is 0 Å². The molecule has 0 aromatic rings. The Labute approximate surface area is 66.7 Å². The van der Waals surface area contributed by atoms with Gasteiger partial charge in [-0.2, -0.15) is 0 Å². The van der Waals surface area contributed by atoms with Crippen molar-refractivity contribution < 1.29 is 4.79 Å². The molecule has 0 amide bonds. The molecule has 0 rings (SSSR count). The van der Waals surface area contributed by atoms with Gasteiger partial charge < -0.3 is 0 Å². The van der Waals surface area contributed by atoms with Gasteiger partial charge in [0.1, 0.15) is 7.32 Å². The number of alkyl halides is 1. The summed E-state index contributed by atoms with van der Waals surface area (Å²) in [5.41, 5.74) is 0. The van der Waals surface area contributed by atoms with E-state index in [2.05, 4.69) is 20.7 Å². The van der Waals surface area contributed by atoms with Crippen LogP contribution in [0.5, 0.6) is 0 Å². The quantitative estimate of drug-likeness (QED) is 0.516. The second-order valence-electron chi connectivity index (χ2n) is 1.64. The molecule has 0 N–H and O–H groups in total. The van der Waals surface area contributed by atoms with Crippen molar-refractivity contribution in [1.82, 2.24) is 0 Å². The number of ketones is 1. The minimum Gasteiger partial charge on any atom is -0.296 e. The van der Waals surface area contributed by atoms with Crippen LogP contribution in [0.25, 0.3) is 0 Å². The van der Waals surface area contributed by atoms with Crippen molar-refractivity contribution in [3.8, 4) is 0 Å². The fraction of sp³-hybridized carbons (Fsp3) is 0.800. The zero-order valence-electron chi connectivity index (χ0n) is 6.17. The molecule has 0 aliphatic heterocycles. The molecule has 0 aromatic heterocycles. The van der Waals surface area contributed by atoms with Gasteiger partial charge in [-0.1, -0.05) is 22.9 Å². The lowest BCUT2D eigenvalue weighted by Crippen LogP contribution is -2.17. The maximum absolute atomic E-state index is 10.9. The monoisotopic (exact) mass is 210 g/mol. The lowest BCUT2D eigenvalue weighted by molar-refractivity contribution is -0.117. The van der Waals surface area contributed by atoms with Crippen LogP contribution in [-0.4, -0.2) is 18.4 Å². The Hall–Kier alpha value is 0.250. The lowest BCUT2D eigenvalue weighted by atomic mass is 10.2. The third-order valence-corrected chi connectivity index (χ3v) is 1.86. The van der Waals surface area contributed by atoms with Crippen LogP contribution in [0.3, 0.4) is 0 Å². The summed E-state index contributed by atoms with van der Waals surface area (Å²) in [4.78, 5) is 10.9. The fourth-order valence-electron chi connectivity index (χ4n) is 0.463. The number of rotatable bonds is 4. The van der Waals surface area contributed by atoms with Gasteiger partial charge in [-0.15, -0.1) is 0 Å². The van der Waals surface area contributed by atoms with Gasteiger partial charge in [0.05, 0.1) is 5.33 Å². The van der Waals surface area contributed by atoms with Gasteiger partial charge >= 0.3 is 0 Å². The van der Waals surface area contributed by atoms with Crippen LogP contribution in [0, 0.1) is 0 Å². The zero-order chi connectivity index (χ0) is 7.98. The first kappa shape index (κ1) is 7.36. The second kappa shape index (κ2) is 5.07. The smallest absolute Gasteiger partial charge is 0.168 e. The van der Waals surface area contributed by atoms with Crippen LogP contribution >= 0.6 is 24.9 Å². The molecule has 0 heterocycles. The molecule has 0 aliphatic rings. The molecule has 1 atom stereocenters. The van der Waals surface area contributed by atoms with Gasteiger partial charge in [0.2, 0.25) is 0 Å². The number of halogens is 1. The standard InChI is InChI=1S/C5H9BrNOP/c1-2-4(7-9)5(8)3-6/h4,9H,2-3H2,1H3/t4-/m0/s1/i9D. The molecule has 0 aliphatic carbocycles. The molecule has 0 saturated heterocycles. The number of Topliss-reactive ketones (excluding diaryl/α,β-unsaturated/α-hetero) is 1. The van der Waals surface area contributed by atoms with E-state index in [1.165, 1.54) is 0 Å². The Kier molecular flexibility index (Phi) is 4.14. The minimum atomic E-state index is -0.279. The minimum absolute atomic E-state index is 0.0576. The summed E-state index contributed by atoms with van der Waals surface area (Å²) in [7, 11) is 0.193. The van der Waals surface area contributed by atoms with Gasteiger partial charge in [-0.05, 0) is 15.4 Å². The Morgan fingerprint density at radius 3 is 3.11 bits per heavy atom. The van der Waals surface area contributed by atoms with E-state index >= 15 is 0 Å². The summed E-state index contributed by atoms with van der Waals surface area (Å²) in [5, 5.41) is 0.338. The Bertz CT molecular complexity index is 142. The highest BCUT2D eigenvalue weighted by Crippen LogP contribution is 2.02. The van der Waals surface area contributed by atoms with E-state index in [1.807, 2.05) is 6.92 Å². The summed E-state index contributed by atoms with van der Waals surface area (Å²) < 4.78 is 10.5. The van der Waals surface area contributed by atoms with Crippen LogP contribution in [0.15, 0.2) is 4.74 Å². The molecule has 0 saturated carbocycles. The third kappa shape index (κ3) is 3.07. The maximum atomic E-state index is 10.9. The van der Waals surface area contributed by atoms with Gasteiger partial charge in [0, 0.05) is 0 Å². The summed E-state index contributed by atoms with van der Waals surface area (Å²) in [6, 6.07) is -0.279. The molecule has 0 spiro atoms. The molecular formula is C5H9BrNOP. The van der Waals surface area contributed by atoms with E-state index in [0.29, 0.717) is 11.8 Å². The van der Waals surface area contributed by atoms with E-state index in [0.717, 1.165) is 0 Å². The fourth-order valence-corrected chi connectivity index (χ4v) is 1.13. The van der Waals surface area contributed by atoms with Crippen molar-refractivity contribution in [3.63, 3.8) is 0 Å². The number of carbonyl (C=O) groups is 1. The molecule has 4 heteroatoms. The Morgan fingerprint density at radius 2 is 2.78 bits per heavy atom. The average molecular weight is 211 g/mol. The normalized spacial score (nSPS) is 15.6. The highest BCUT2D eigenvalue weighted by atomic mass is 79.9. The number of hydrogen-bond donors (Lipinski definition) is 0. The Balaban J connectivity index is 3.93. The second-order valence-corrected chi connectivity index (χ2v) is 2.43. The molecule has 0 bridgehead atoms. The lowest BCUT2D eigenvalue weighted by Gasteiger charge is -2.02. The van der Waals surface area contributed by atoms with Crippen LogP contribution in [-0.2, 0) is 4.79 Å². The first-order valence-electron chi connectivity index (χ1n) is 3.13.